The van der Waals surface area contributed by atoms with E-state index in [9.17, 15) is 9.69 Å². The summed E-state index contributed by atoms with van der Waals surface area (Å²) in [4.78, 5) is 26.0. The van der Waals surface area contributed by atoms with E-state index in [1.807, 2.05) is 34.6 Å². The molecule has 0 bridgehead atoms. The quantitative estimate of drug-likeness (QED) is 0.434. The molecule has 0 unspecified atom stereocenters. The van der Waals surface area contributed by atoms with Crippen LogP contribution in [0.5, 0.6) is 0 Å². The minimum Gasteiger partial charge on any atom is -0.316 e. The van der Waals surface area contributed by atoms with Crippen molar-refractivity contribution in [2.45, 2.75) is 47.1 Å². The number of rotatable bonds is 7. The summed E-state index contributed by atoms with van der Waals surface area (Å²) in [5.74, 6) is 1.02. The second kappa shape index (κ2) is 8.54. The minimum atomic E-state index is -3.45. The van der Waals surface area contributed by atoms with E-state index in [2.05, 4.69) is 4.85 Å². The van der Waals surface area contributed by atoms with Gasteiger partial charge in [0, 0.05) is 42.5 Å². The lowest BCUT2D eigenvalue weighted by atomic mass is 10.1. The average molecular weight is 330 g/mol. The van der Waals surface area contributed by atoms with Gasteiger partial charge in [0.25, 0.3) is 0 Å². The molecule has 0 rings (SSSR count). The minimum absolute atomic E-state index is 0.277. The van der Waals surface area contributed by atoms with E-state index in [0.717, 1.165) is 24.1 Å². The van der Waals surface area contributed by atoms with Crippen molar-refractivity contribution in [2.75, 3.05) is 11.5 Å². The van der Waals surface area contributed by atoms with Crippen molar-refractivity contribution in [3.63, 3.8) is 0 Å². The van der Waals surface area contributed by atoms with Gasteiger partial charge in [0.05, 0.1) is 5.54 Å². The van der Waals surface area contributed by atoms with Crippen molar-refractivity contribution in [1.82, 2.24) is 5.01 Å². The predicted octanol–water partition coefficient (Wildman–Crippen LogP) is 3.86. The number of amides is 1. The van der Waals surface area contributed by atoms with Crippen LogP contribution in [0.15, 0.2) is 4.85 Å². The van der Waals surface area contributed by atoms with Crippen molar-refractivity contribution in [2.24, 2.45) is 4.85 Å². The van der Waals surface area contributed by atoms with Gasteiger partial charge in [-0.2, -0.15) is 0 Å². The molecule has 6 nitrogen and oxygen atoms in total. The molecule has 0 heterocycles. The molecule has 9 heteroatoms. The molecule has 1 N–H and O–H groups in total. The van der Waals surface area contributed by atoms with Crippen LogP contribution in [0.1, 0.15) is 41.5 Å². The summed E-state index contributed by atoms with van der Waals surface area (Å²) in [6, 6.07) is 0. The summed E-state index contributed by atoms with van der Waals surface area (Å²) in [6.07, 6.45) is 0. The molecule has 0 aromatic rings. The van der Waals surface area contributed by atoms with E-state index in [4.69, 9.17) is 7.94 Å². The Bertz CT molecular complexity index is 335. The summed E-state index contributed by atoms with van der Waals surface area (Å²) < 4.78 is 10.5. The van der Waals surface area contributed by atoms with Gasteiger partial charge >= 0.3 is 7.74 Å². The summed E-state index contributed by atoms with van der Waals surface area (Å²) >= 11 is 2.12. The predicted molar refractivity (Wildman–Crippen MR) is 82.3 cm³/mol. The number of nitrogens with zero attached hydrogens (tertiary/aromatic N) is 2. The highest BCUT2D eigenvalue weighted by atomic mass is 32.2. The van der Waals surface area contributed by atoms with Crippen LogP contribution >= 0.6 is 31.8 Å². The first-order chi connectivity index (χ1) is 8.66. The number of carbonyl (C=O) groups is 1. The fraction of sp³-hybridized carbons (Fsp3) is 0.900. The molecule has 114 valence electrons. The molecule has 0 aromatic heterocycles. The van der Waals surface area contributed by atoms with Crippen molar-refractivity contribution < 1.29 is 17.6 Å². The van der Waals surface area contributed by atoms with Crippen LogP contribution in [0.25, 0.3) is 0 Å². The fourth-order valence-electron chi connectivity index (χ4n) is 1.07. The highest BCUT2D eigenvalue weighted by molar-refractivity contribution is 8.01. The fourth-order valence-corrected chi connectivity index (χ4v) is 4.19. The van der Waals surface area contributed by atoms with Crippen molar-refractivity contribution in [1.29, 1.82) is 0 Å². The van der Waals surface area contributed by atoms with Crippen molar-refractivity contribution >= 4 is 37.7 Å². The molecule has 0 fully saturated rings. The molecule has 1 amide bonds. The van der Waals surface area contributed by atoms with Gasteiger partial charge in [-0.3, -0.25) is 4.79 Å². The second-order valence-corrected chi connectivity index (χ2v) is 8.52. The van der Waals surface area contributed by atoms with E-state index in [1.165, 1.54) is 11.9 Å². The zero-order valence-corrected chi connectivity index (χ0v) is 14.8. The molecule has 0 aromatic carbocycles. The van der Waals surface area contributed by atoms with Crippen molar-refractivity contribution in [3.05, 3.63) is 0 Å². The van der Waals surface area contributed by atoms with Crippen LogP contribution in [0.2, 0.25) is 0 Å². The molecule has 0 spiro atoms. The second-order valence-electron chi connectivity index (χ2n) is 4.54. The molecular formula is C10H23N2O4PS2. The van der Waals surface area contributed by atoms with E-state index in [1.54, 1.807) is 0 Å². The van der Waals surface area contributed by atoms with Crippen LogP contribution < -0.4 is 0 Å². The summed E-state index contributed by atoms with van der Waals surface area (Å²) in [7, 11) is -3.45. The maximum atomic E-state index is 11.6. The van der Waals surface area contributed by atoms with E-state index in [-0.39, 0.29) is 5.91 Å². The lowest BCUT2D eigenvalue weighted by molar-refractivity contribution is -0.133. The molecule has 0 aliphatic rings. The van der Waals surface area contributed by atoms with Gasteiger partial charge in [0.1, 0.15) is 0 Å². The molecule has 19 heavy (non-hydrogen) atoms. The van der Waals surface area contributed by atoms with Gasteiger partial charge in [-0.25, -0.2) is 12.9 Å². The van der Waals surface area contributed by atoms with E-state index >= 15 is 0 Å². The van der Waals surface area contributed by atoms with Gasteiger partial charge in [-0.05, 0) is 20.8 Å². The first-order valence-corrected chi connectivity index (χ1v) is 9.29. The Kier molecular flexibility index (Phi) is 8.67. The first-order valence-electron chi connectivity index (χ1n) is 5.94. The molecular weight excluding hydrogens is 307 g/mol. The van der Waals surface area contributed by atoms with Crippen molar-refractivity contribution in [3.8, 4) is 0 Å². The SMILES string of the molecule is CCSOP(O)(=NN(C(C)=O)C(C)(C)C)OSCC. The Hall–Kier alpha value is 0.280. The molecule has 0 saturated heterocycles. The average Bonchev–Trinajstić information content (AvgIpc) is 2.29. The van der Waals surface area contributed by atoms with E-state index < -0.39 is 13.3 Å². The van der Waals surface area contributed by atoms with Gasteiger partial charge in [0.15, 0.2) is 0 Å². The Labute approximate surface area is 124 Å². The van der Waals surface area contributed by atoms with Gasteiger partial charge in [0.2, 0.25) is 5.91 Å². The van der Waals surface area contributed by atoms with Gasteiger partial charge in [-0.1, -0.05) is 13.8 Å². The number of hydrogen-bond acceptors (Lipinski definition) is 6. The summed E-state index contributed by atoms with van der Waals surface area (Å²) in [6.45, 7) is 10.6. The molecule has 0 aliphatic heterocycles. The third-order valence-electron chi connectivity index (χ3n) is 1.67. The van der Waals surface area contributed by atoms with Crippen LogP contribution in [0, 0.1) is 0 Å². The topological polar surface area (TPSA) is 71.4 Å². The Morgan fingerprint density at radius 1 is 1.26 bits per heavy atom. The third-order valence-corrected chi connectivity index (χ3v) is 4.94. The zero-order valence-electron chi connectivity index (χ0n) is 12.2. The lowest BCUT2D eigenvalue weighted by Gasteiger charge is -2.31. The summed E-state index contributed by atoms with van der Waals surface area (Å²) in [5.41, 5.74) is -0.555. The standard InChI is InChI=1S/C10H23N2O4PS2/c1-7-18-15-17(14,16-19-8-2)11-12(9(3)13)10(4,5)6/h14H,7-8H2,1-6H3. The normalized spacial score (nSPS) is 12.4. The molecule has 0 radical (unpaired) electrons. The van der Waals surface area contributed by atoms with Crippen LogP contribution in [0.3, 0.4) is 0 Å². The Balaban J connectivity index is 5.28. The van der Waals surface area contributed by atoms with Crippen LogP contribution in [-0.4, -0.2) is 32.9 Å². The molecule has 0 aliphatic carbocycles. The number of carbonyl (C=O) groups excluding carboxylic acids is 1. The number of hydrogen-bond donors (Lipinski definition) is 1. The summed E-state index contributed by atoms with van der Waals surface area (Å²) in [5, 5.41) is 1.20. The maximum absolute atomic E-state index is 11.6. The molecule has 0 atom stereocenters. The monoisotopic (exact) mass is 330 g/mol. The first kappa shape index (κ1) is 19.3. The van der Waals surface area contributed by atoms with Gasteiger partial charge < -0.3 is 4.89 Å². The molecule has 0 saturated carbocycles. The Morgan fingerprint density at radius 3 is 1.95 bits per heavy atom. The smallest absolute Gasteiger partial charge is 0.316 e. The largest absolute Gasteiger partial charge is 0.397 e. The lowest BCUT2D eigenvalue weighted by Crippen LogP contribution is -2.40. The van der Waals surface area contributed by atoms with Crippen LogP contribution in [-0.2, 0) is 12.7 Å². The Morgan fingerprint density at radius 2 is 1.68 bits per heavy atom. The van der Waals surface area contributed by atoms with Crippen LogP contribution in [0.4, 0.5) is 0 Å². The van der Waals surface area contributed by atoms with E-state index in [0.29, 0.717) is 11.5 Å². The van der Waals surface area contributed by atoms with Gasteiger partial charge in [-0.15, -0.1) is 4.85 Å². The third kappa shape index (κ3) is 7.58. The highest BCUT2D eigenvalue weighted by Crippen LogP contribution is 2.54. The maximum Gasteiger partial charge on any atom is 0.397 e. The highest BCUT2D eigenvalue weighted by Gasteiger charge is 2.30. The zero-order chi connectivity index (χ0) is 15.1.